The number of urea groups is 1. The van der Waals surface area contributed by atoms with E-state index in [-0.39, 0.29) is 34.0 Å². The van der Waals surface area contributed by atoms with Crippen LogP contribution < -0.4 is 15.4 Å². The highest BCUT2D eigenvalue weighted by molar-refractivity contribution is 7.89. The van der Waals surface area contributed by atoms with E-state index in [0.29, 0.717) is 12.1 Å². The van der Waals surface area contributed by atoms with E-state index in [0.717, 1.165) is 42.5 Å². The standard InChI is InChI=1S/C27H25FN4O3S/c28-23-5-3-4-20(15-29)25(23)19-8-11-24-22(14-19)27(12-1-2-13-27)17-32(24)26(33)31-16-18-6-9-21(10-7-18)36(30,34)35/h3-11,14H,1-2,12-13,16-17H2,(H,31,33)(H2,30,34,35). The summed E-state index contributed by atoms with van der Waals surface area (Å²) in [5.74, 6) is -0.449. The second kappa shape index (κ2) is 9.04. The second-order valence-corrected chi connectivity index (χ2v) is 11.0. The van der Waals surface area contributed by atoms with Crippen molar-refractivity contribution in [3.63, 3.8) is 0 Å². The first-order chi connectivity index (χ1) is 17.2. The predicted octanol–water partition coefficient (Wildman–Crippen LogP) is 4.55. The Bertz CT molecular complexity index is 1490. The SMILES string of the molecule is N#Cc1cccc(F)c1-c1ccc2c(c1)C1(CCCC1)CN2C(=O)NCc1ccc(S(N)(=O)=O)cc1. The van der Waals surface area contributed by atoms with Gasteiger partial charge in [0.25, 0.3) is 0 Å². The molecule has 2 amide bonds. The molecule has 3 N–H and O–H groups in total. The van der Waals surface area contributed by atoms with Gasteiger partial charge in [0, 0.05) is 29.8 Å². The lowest BCUT2D eigenvalue weighted by molar-refractivity contribution is 0.245. The lowest BCUT2D eigenvalue weighted by atomic mass is 9.79. The van der Waals surface area contributed by atoms with E-state index >= 15 is 0 Å². The molecule has 3 aromatic carbocycles. The summed E-state index contributed by atoms with van der Waals surface area (Å²) in [7, 11) is -3.78. The van der Waals surface area contributed by atoms with Crippen LogP contribution in [0.15, 0.2) is 65.6 Å². The molecule has 0 unspecified atom stereocenters. The Morgan fingerprint density at radius 1 is 1.11 bits per heavy atom. The van der Waals surface area contributed by atoms with Gasteiger partial charge in [0.05, 0.1) is 16.5 Å². The average Bonchev–Trinajstić information content (AvgIpc) is 3.47. The molecule has 5 rings (SSSR count). The van der Waals surface area contributed by atoms with Crippen LogP contribution in [0.2, 0.25) is 0 Å². The van der Waals surface area contributed by atoms with Gasteiger partial charge in [-0.1, -0.05) is 37.1 Å². The van der Waals surface area contributed by atoms with Gasteiger partial charge in [-0.25, -0.2) is 22.7 Å². The summed E-state index contributed by atoms with van der Waals surface area (Å²) in [6.07, 6.45) is 3.98. The zero-order chi connectivity index (χ0) is 25.5. The smallest absolute Gasteiger partial charge is 0.322 e. The van der Waals surface area contributed by atoms with Gasteiger partial charge in [-0.15, -0.1) is 0 Å². The number of hydrogen-bond acceptors (Lipinski definition) is 4. The average molecular weight is 505 g/mol. The number of carbonyl (C=O) groups excluding carboxylic acids is 1. The Labute approximate surface area is 209 Å². The topological polar surface area (TPSA) is 116 Å². The van der Waals surface area contributed by atoms with E-state index < -0.39 is 15.8 Å². The highest BCUT2D eigenvalue weighted by Crippen LogP contribution is 2.51. The number of nitrogens with one attached hydrogen (secondary N) is 1. The Hall–Kier alpha value is -3.74. The summed E-state index contributed by atoms with van der Waals surface area (Å²) in [6, 6.07) is 17.9. The molecule has 0 saturated heterocycles. The van der Waals surface area contributed by atoms with Gasteiger partial charge in [-0.2, -0.15) is 5.26 Å². The number of anilines is 1. The molecule has 36 heavy (non-hydrogen) atoms. The number of rotatable bonds is 4. The summed E-state index contributed by atoms with van der Waals surface area (Å²) in [5, 5.41) is 17.6. The Balaban J connectivity index is 1.43. The van der Waals surface area contributed by atoms with Crippen molar-refractivity contribution in [1.82, 2.24) is 5.32 Å². The molecule has 1 aliphatic carbocycles. The van der Waals surface area contributed by atoms with Crippen molar-refractivity contribution in [1.29, 1.82) is 5.26 Å². The van der Waals surface area contributed by atoms with E-state index in [1.54, 1.807) is 29.2 Å². The van der Waals surface area contributed by atoms with Gasteiger partial charge < -0.3 is 5.32 Å². The third-order valence-electron chi connectivity index (χ3n) is 7.24. The summed E-state index contributed by atoms with van der Waals surface area (Å²) in [4.78, 5) is 15.0. The molecule has 9 heteroatoms. The molecule has 7 nitrogen and oxygen atoms in total. The van der Waals surface area contributed by atoms with Crippen LogP contribution in [0, 0.1) is 17.1 Å². The number of fused-ring (bicyclic) bond motifs is 2. The lowest BCUT2D eigenvalue weighted by Gasteiger charge is -2.25. The Morgan fingerprint density at radius 3 is 2.50 bits per heavy atom. The fourth-order valence-electron chi connectivity index (χ4n) is 5.47. The lowest BCUT2D eigenvalue weighted by Crippen LogP contribution is -2.41. The zero-order valence-corrected chi connectivity index (χ0v) is 20.3. The van der Waals surface area contributed by atoms with Crippen LogP contribution in [-0.2, 0) is 22.0 Å². The molecular formula is C27H25FN4O3S. The first kappa shape index (κ1) is 24.0. The van der Waals surface area contributed by atoms with Crippen molar-refractivity contribution in [2.45, 2.75) is 42.5 Å². The number of nitrogens with zero attached hydrogens (tertiary/aromatic N) is 2. The number of nitrogens with two attached hydrogens (primary N) is 1. The number of sulfonamides is 1. The highest BCUT2D eigenvalue weighted by atomic mass is 32.2. The maximum Gasteiger partial charge on any atom is 0.322 e. The predicted molar refractivity (Wildman–Crippen MR) is 134 cm³/mol. The molecule has 2 aliphatic rings. The van der Waals surface area contributed by atoms with Gasteiger partial charge in [0.2, 0.25) is 10.0 Å². The minimum atomic E-state index is -3.78. The van der Waals surface area contributed by atoms with Crippen molar-refractivity contribution >= 4 is 21.7 Å². The first-order valence-electron chi connectivity index (χ1n) is 11.7. The molecule has 184 valence electrons. The van der Waals surface area contributed by atoms with Crippen molar-refractivity contribution in [3.05, 3.63) is 83.2 Å². The third kappa shape index (κ3) is 4.23. The van der Waals surface area contributed by atoms with Crippen molar-refractivity contribution in [2.75, 3.05) is 11.4 Å². The summed E-state index contributed by atoms with van der Waals surface area (Å²) < 4.78 is 37.6. The molecule has 0 bridgehead atoms. The fraction of sp³-hybridized carbons (Fsp3) is 0.259. The number of nitriles is 1. The van der Waals surface area contributed by atoms with Crippen LogP contribution in [0.1, 0.15) is 42.4 Å². The minimum absolute atomic E-state index is 0.0134. The normalized spacial score (nSPS) is 16.1. The molecule has 1 saturated carbocycles. The number of benzene rings is 3. The van der Waals surface area contributed by atoms with Gasteiger partial charge in [-0.05, 0) is 65.9 Å². The molecule has 1 fully saturated rings. The number of amides is 2. The maximum absolute atomic E-state index is 14.7. The molecule has 1 aliphatic heterocycles. The van der Waals surface area contributed by atoms with Crippen molar-refractivity contribution in [2.24, 2.45) is 5.14 Å². The fourth-order valence-corrected chi connectivity index (χ4v) is 5.98. The van der Waals surface area contributed by atoms with Gasteiger partial charge in [0.15, 0.2) is 0 Å². The number of carbonyl (C=O) groups is 1. The van der Waals surface area contributed by atoms with E-state index in [1.165, 1.54) is 24.3 Å². The third-order valence-corrected chi connectivity index (χ3v) is 8.17. The minimum Gasteiger partial charge on any atom is -0.334 e. The number of hydrogen-bond donors (Lipinski definition) is 2. The molecule has 0 aromatic heterocycles. The summed E-state index contributed by atoms with van der Waals surface area (Å²) in [6.45, 7) is 0.756. The maximum atomic E-state index is 14.7. The van der Waals surface area contributed by atoms with Crippen molar-refractivity contribution < 1.29 is 17.6 Å². The van der Waals surface area contributed by atoms with Crippen LogP contribution in [0.25, 0.3) is 11.1 Å². The van der Waals surface area contributed by atoms with Gasteiger partial charge in [0.1, 0.15) is 5.82 Å². The molecule has 0 radical (unpaired) electrons. The van der Waals surface area contributed by atoms with E-state index in [1.807, 2.05) is 12.1 Å². The van der Waals surface area contributed by atoms with Crippen LogP contribution in [-0.4, -0.2) is 21.0 Å². The molecular weight excluding hydrogens is 479 g/mol. The van der Waals surface area contributed by atoms with E-state index in [4.69, 9.17) is 5.14 Å². The largest absolute Gasteiger partial charge is 0.334 e. The van der Waals surface area contributed by atoms with Gasteiger partial charge >= 0.3 is 6.03 Å². The Kier molecular flexibility index (Phi) is 6.02. The monoisotopic (exact) mass is 504 g/mol. The molecule has 3 aromatic rings. The Morgan fingerprint density at radius 2 is 1.83 bits per heavy atom. The van der Waals surface area contributed by atoms with Crippen LogP contribution >= 0.6 is 0 Å². The van der Waals surface area contributed by atoms with Crippen molar-refractivity contribution in [3.8, 4) is 17.2 Å². The quantitative estimate of drug-likeness (QED) is 0.542. The second-order valence-electron chi connectivity index (χ2n) is 9.43. The van der Waals surface area contributed by atoms with E-state index in [9.17, 15) is 22.9 Å². The van der Waals surface area contributed by atoms with Gasteiger partial charge in [-0.3, -0.25) is 4.90 Å². The van der Waals surface area contributed by atoms with Crippen LogP contribution in [0.3, 0.4) is 0 Å². The van der Waals surface area contributed by atoms with E-state index in [2.05, 4.69) is 11.4 Å². The first-order valence-corrected chi connectivity index (χ1v) is 13.3. The number of halogens is 1. The molecule has 0 atom stereocenters. The molecule has 1 spiro atoms. The number of primary sulfonamides is 1. The molecule has 1 heterocycles. The van der Waals surface area contributed by atoms with Crippen LogP contribution in [0.5, 0.6) is 0 Å². The highest BCUT2D eigenvalue weighted by Gasteiger charge is 2.46. The summed E-state index contributed by atoms with van der Waals surface area (Å²) in [5.41, 5.74) is 3.53. The van der Waals surface area contributed by atoms with Crippen LogP contribution in [0.4, 0.5) is 14.9 Å². The zero-order valence-electron chi connectivity index (χ0n) is 19.5. The summed E-state index contributed by atoms with van der Waals surface area (Å²) >= 11 is 0.